The monoisotopic (exact) mass is 394 g/mol. The number of benzene rings is 2. The van der Waals surface area contributed by atoms with Gasteiger partial charge in [0.1, 0.15) is 34.6 Å². The second kappa shape index (κ2) is 6.94. The maximum atomic E-state index is 14.7. The van der Waals surface area contributed by atoms with Gasteiger partial charge in [-0.1, -0.05) is 0 Å². The van der Waals surface area contributed by atoms with Crippen molar-refractivity contribution < 1.29 is 27.4 Å². The summed E-state index contributed by atoms with van der Waals surface area (Å²) >= 11 is 0. The van der Waals surface area contributed by atoms with E-state index in [4.69, 9.17) is 4.74 Å². The van der Waals surface area contributed by atoms with E-state index in [0.29, 0.717) is 6.07 Å². The fourth-order valence-corrected chi connectivity index (χ4v) is 3.43. The van der Waals surface area contributed by atoms with E-state index in [1.807, 2.05) is 0 Å². The quantitative estimate of drug-likeness (QED) is 0.675. The number of methoxy groups -OCH3 is 1. The van der Waals surface area contributed by atoms with Gasteiger partial charge in [0, 0.05) is 36.4 Å². The Balaban J connectivity index is 2.31. The van der Waals surface area contributed by atoms with Gasteiger partial charge in [-0.25, -0.2) is 17.6 Å². The van der Waals surface area contributed by atoms with Crippen LogP contribution in [-0.4, -0.2) is 22.0 Å². The first-order valence-corrected chi connectivity index (χ1v) is 8.33. The lowest BCUT2D eigenvalue weighted by Gasteiger charge is -2.26. The molecule has 0 amide bonds. The molecule has 1 atom stereocenters. The van der Waals surface area contributed by atoms with Gasteiger partial charge < -0.3 is 9.84 Å². The normalized spacial score (nSPS) is 13.5. The Kier molecular flexibility index (Phi) is 4.93. The van der Waals surface area contributed by atoms with Gasteiger partial charge in [0.25, 0.3) is 0 Å². The fraction of sp³-hybridized carbons (Fsp3) is 0.250. The van der Waals surface area contributed by atoms with Crippen molar-refractivity contribution in [3.05, 3.63) is 70.6 Å². The number of aromatic nitrogens is 2. The Labute approximate surface area is 159 Å². The summed E-state index contributed by atoms with van der Waals surface area (Å²) in [6, 6.07) is 4.70. The summed E-state index contributed by atoms with van der Waals surface area (Å²) in [6.45, 7) is 2.77. The molecule has 0 aliphatic carbocycles. The second-order valence-corrected chi connectivity index (χ2v) is 6.60. The lowest BCUT2D eigenvalue weighted by molar-refractivity contribution is 0.0892. The first-order chi connectivity index (χ1) is 13.1. The SMILES string of the molecule is COc1cc(F)c(-c2c(C)nn(C)c2C(C)(O)c2ccc(F)cc2F)c(F)c1. The molecule has 3 aromatic rings. The smallest absolute Gasteiger partial charge is 0.137 e. The van der Waals surface area contributed by atoms with Gasteiger partial charge in [0.15, 0.2) is 0 Å². The third-order valence-electron chi connectivity index (χ3n) is 4.64. The first kappa shape index (κ1) is 19.9. The fourth-order valence-electron chi connectivity index (χ4n) is 3.43. The maximum Gasteiger partial charge on any atom is 0.137 e. The summed E-state index contributed by atoms with van der Waals surface area (Å²) in [7, 11) is 2.73. The van der Waals surface area contributed by atoms with Crippen molar-refractivity contribution in [2.75, 3.05) is 7.11 Å². The van der Waals surface area contributed by atoms with Crippen LogP contribution in [0.5, 0.6) is 5.75 Å². The molecule has 1 N–H and O–H groups in total. The molecule has 0 fully saturated rings. The number of hydrogen-bond donors (Lipinski definition) is 1. The van der Waals surface area contributed by atoms with Crippen LogP contribution in [0.1, 0.15) is 23.9 Å². The van der Waals surface area contributed by atoms with Gasteiger partial charge in [0.05, 0.1) is 24.1 Å². The average Bonchev–Trinajstić information content (AvgIpc) is 2.88. The highest BCUT2D eigenvalue weighted by Gasteiger charge is 2.37. The number of hydrogen-bond acceptors (Lipinski definition) is 3. The highest BCUT2D eigenvalue weighted by atomic mass is 19.1. The van der Waals surface area contributed by atoms with Gasteiger partial charge in [-0.05, 0) is 26.0 Å². The number of aryl methyl sites for hydroxylation is 2. The molecule has 3 rings (SSSR count). The molecule has 0 radical (unpaired) electrons. The van der Waals surface area contributed by atoms with E-state index in [1.165, 1.54) is 32.7 Å². The summed E-state index contributed by atoms with van der Waals surface area (Å²) in [6.07, 6.45) is 0. The Morgan fingerprint density at radius 2 is 1.61 bits per heavy atom. The van der Waals surface area contributed by atoms with Crippen molar-refractivity contribution >= 4 is 0 Å². The zero-order valence-corrected chi connectivity index (χ0v) is 15.6. The Bertz CT molecular complexity index is 1040. The zero-order chi connectivity index (χ0) is 20.8. The van der Waals surface area contributed by atoms with Gasteiger partial charge in [-0.2, -0.15) is 5.10 Å². The van der Waals surface area contributed by atoms with E-state index in [9.17, 15) is 22.7 Å². The zero-order valence-electron chi connectivity index (χ0n) is 15.6. The molecule has 0 saturated heterocycles. The molecule has 4 nitrogen and oxygen atoms in total. The molecule has 8 heteroatoms. The molecular formula is C20H18F4N2O2. The Morgan fingerprint density at radius 3 is 2.14 bits per heavy atom. The van der Waals surface area contributed by atoms with Gasteiger partial charge in [0.2, 0.25) is 0 Å². The van der Waals surface area contributed by atoms with E-state index in [0.717, 1.165) is 24.3 Å². The summed E-state index contributed by atoms with van der Waals surface area (Å²) in [5.74, 6) is -3.68. The van der Waals surface area contributed by atoms with E-state index in [1.54, 1.807) is 0 Å². The minimum Gasteiger partial charge on any atom is -0.497 e. The van der Waals surface area contributed by atoms with E-state index in [-0.39, 0.29) is 28.3 Å². The summed E-state index contributed by atoms with van der Waals surface area (Å²) in [5.41, 5.74) is -2.57. The molecule has 1 aromatic heterocycles. The van der Waals surface area contributed by atoms with Crippen LogP contribution in [0.3, 0.4) is 0 Å². The standard InChI is InChI=1S/C20H18F4N2O2/c1-10-17(18-15(23)8-12(28-4)9-16(18)24)19(26(3)25-10)20(2,27)13-6-5-11(21)7-14(13)22/h5-9,27H,1-4H3. The van der Waals surface area contributed by atoms with Crippen LogP contribution in [-0.2, 0) is 12.6 Å². The maximum absolute atomic E-state index is 14.7. The number of nitrogens with zero attached hydrogens (tertiary/aromatic N) is 2. The molecule has 28 heavy (non-hydrogen) atoms. The predicted octanol–water partition coefficient (Wildman–Crippen LogP) is 4.22. The van der Waals surface area contributed by atoms with Gasteiger partial charge >= 0.3 is 0 Å². The molecule has 0 saturated carbocycles. The number of halogens is 4. The molecule has 0 spiro atoms. The number of ether oxygens (including phenoxy) is 1. The van der Waals surface area contributed by atoms with Crippen LogP contribution in [0.2, 0.25) is 0 Å². The Morgan fingerprint density at radius 1 is 1.00 bits per heavy atom. The summed E-state index contributed by atoms with van der Waals surface area (Å²) < 4.78 is 63.2. The van der Waals surface area contributed by atoms with E-state index >= 15 is 0 Å². The average molecular weight is 394 g/mol. The van der Waals surface area contributed by atoms with Crippen molar-refractivity contribution in [2.24, 2.45) is 7.05 Å². The highest BCUT2D eigenvalue weighted by molar-refractivity contribution is 5.72. The molecule has 2 aromatic carbocycles. The molecule has 0 bridgehead atoms. The molecule has 148 valence electrons. The van der Waals surface area contributed by atoms with Crippen LogP contribution < -0.4 is 4.74 Å². The van der Waals surface area contributed by atoms with Crippen LogP contribution >= 0.6 is 0 Å². The third-order valence-corrected chi connectivity index (χ3v) is 4.64. The minimum absolute atomic E-state index is 0.0156. The Hall–Kier alpha value is -2.87. The van der Waals surface area contributed by atoms with Crippen LogP contribution in [0.25, 0.3) is 11.1 Å². The molecule has 1 unspecified atom stereocenters. The van der Waals surface area contributed by atoms with Crippen molar-refractivity contribution in [3.63, 3.8) is 0 Å². The number of aliphatic hydroxyl groups is 1. The highest BCUT2D eigenvalue weighted by Crippen LogP contribution is 2.41. The van der Waals surface area contributed by atoms with Crippen LogP contribution in [0.15, 0.2) is 30.3 Å². The lowest BCUT2D eigenvalue weighted by atomic mass is 9.86. The van der Waals surface area contributed by atoms with Crippen molar-refractivity contribution in [3.8, 4) is 16.9 Å². The molecular weight excluding hydrogens is 376 g/mol. The third kappa shape index (κ3) is 3.13. The van der Waals surface area contributed by atoms with Crippen molar-refractivity contribution in [1.82, 2.24) is 9.78 Å². The van der Waals surface area contributed by atoms with E-state index in [2.05, 4.69) is 5.10 Å². The van der Waals surface area contributed by atoms with Crippen LogP contribution in [0, 0.1) is 30.2 Å². The van der Waals surface area contributed by atoms with Gasteiger partial charge in [-0.3, -0.25) is 4.68 Å². The largest absolute Gasteiger partial charge is 0.497 e. The molecule has 1 heterocycles. The van der Waals surface area contributed by atoms with Crippen molar-refractivity contribution in [1.29, 1.82) is 0 Å². The first-order valence-electron chi connectivity index (χ1n) is 8.33. The van der Waals surface area contributed by atoms with E-state index < -0.39 is 34.4 Å². The van der Waals surface area contributed by atoms with Crippen LogP contribution in [0.4, 0.5) is 17.6 Å². The molecule has 0 aliphatic heterocycles. The summed E-state index contributed by atoms with van der Waals surface area (Å²) in [5, 5.41) is 15.3. The lowest BCUT2D eigenvalue weighted by Crippen LogP contribution is -2.28. The summed E-state index contributed by atoms with van der Waals surface area (Å²) in [4.78, 5) is 0. The topological polar surface area (TPSA) is 47.3 Å². The van der Waals surface area contributed by atoms with Gasteiger partial charge in [-0.15, -0.1) is 0 Å². The number of rotatable bonds is 4. The minimum atomic E-state index is -2.05. The molecule has 0 aliphatic rings. The van der Waals surface area contributed by atoms with Crippen molar-refractivity contribution in [2.45, 2.75) is 19.4 Å². The predicted molar refractivity (Wildman–Crippen MR) is 94.9 cm³/mol. The second-order valence-electron chi connectivity index (χ2n) is 6.60.